The molecule has 0 aliphatic heterocycles. The van der Waals surface area contributed by atoms with Gasteiger partial charge in [0.2, 0.25) is 11.1 Å². The minimum absolute atomic E-state index is 0.0981. The van der Waals surface area contributed by atoms with Crippen LogP contribution in [-0.4, -0.2) is 32.0 Å². The molecule has 1 N–H and O–H groups in total. The Labute approximate surface area is 152 Å². The van der Waals surface area contributed by atoms with Crippen LogP contribution in [0, 0.1) is 0 Å². The summed E-state index contributed by atoms with van der Waals surface area (Å²) in [5, 5.41) is 8.36. The van der Waals surface area contributed by atoms with Crippen molar-refractivity contribution in [2.45, 2.75) is 67.8 Å². The van der Waals surface area contributed by atoms with Crippen molar-refractivity contribution in [1.82, 2.24) is 20.1 Å². The molecule has 2 aliphatic carbocycles. The van der Waals surface area contributed by atoms with E-state index in [9.17, 15) is 4.79 Å². The fourth-order valence-electron chi connectivity index (χ4n) is 3.32. The molecule has 0 radical (unpaired) electrons. The van der Waals surface area contributed by atoms with E-state index in [0.717, 1.165) is 24.4 Å². The summed E-state index contributed by atoms with van der Waals surface area (Å²) in [6.45, 7) is 1.94. The highest BCUT2D eigenvalue weighted by atomic mass is 32.2. The van der Waals surface area contributed by atoms with Gasteiger partial charge in [0.15, 0.2) is 0 Å². The summed E-state index contributed by atoms with van der Waals surface area (Å²) >= 11 is 1.45. The fourth-order valence-corrected chi connectivity index (χ4v) is 4.09. The lowest BCUT2D eigenvalue weighted by Crippen LogP contribution is -2.37. The first-order valence-corrected chi connectivity index (χ1v) is 10.1. The molecule has 0 spiro atoms. The van der Waals surface area contributed by atoms with Gasteiger partial charge in [0.1, 0.15) is 5.82 Å². The third-order valence-electron chi connectivity index (χ3n) is 4.91. The Balaban J connectivity index is 1.48. The van der Waals surface area contributed by atoms with Gasteiger partial charge in [-0.1, -0.05) is 42.8 Å². The van der Waals surface area contributed by atoms with Crippen LogP contribution < -0.4 is 5.32 Å². The van der Waals surface area contributed by atoms with E-state index >= 15 is 0 Å². The van der Waals surface area contributed by atoms with Gasteiger partial charge in [0, 0.05) is 12.0 Å². The van der Waals surface area contributed by atoms with Crippen LogP contribution in [0.15, 0.2) is 35.5 Å². The number of nitrogens with one attached hydrogen (secondary N) is 1. The second-order valence-electron chi connectivity index (χ2n) is 7.02. The number of rotatable bonds is 6. The largest absolute Gasteiger partial charge is 0.352 e. The molecule has 2 fully saturated rings. The first kappa shape index (κ1) is 16.6. The molecule has 2 aliphatic rings. The Bertz CT molecular complexity index is 735. The van der Waals surface area contributed by atoms with E-state index in [1.807, 2.05) is 41.9 Å². The predicted octanol–water partition coefficient (Wildman–Crippen LogP) is 3.68. The summed E-state index contributed by atoms with van der Waals surface area (Å²) in [5.74, 6) is 1.63. The minimum atomic E-state index is -0.181. The highest BCUT2D eigenvalue weighted by Crippen LogP contribution is 2.40. The fraction of sp³-hybridized carbons (Fsp3) is 0.526. The zero-order valence-electron chi connectivity index (χ0n) is 14.5. The standard InChI is InChI=1S/C19H24N4OS/c1-13(18(24)20-15-7-5-6-8-15)25-19-21-17(14-11-12-14)23(22-19)16-9-3-2-4-10-16/h2-4,9-10,13-15H,5-8,11-12H2,1H3,(H,20,24)/t13-/m0/s1. The average molecular weight is 356 g/mol. The van der Waals surface area contributed by atoms with E-state index in [0.29, 0.717) is 17.1 Å². The predicted molar refractivity (Wildman–Crippen MR) is 99.1 cm³/mol. The van der Waals surface area contributed by atoms with Gasteiger partial charge in [-0.25, -0.2) is 9.67 Å². The van der Waals surface area contributed by atoms with Gasteiger partial charge >= 0.3 is 0 Å². The second kappa shape index (κ2) is 7.20. The molecule has 0 bridgehead atoms. The number of amides is 1. The Hall–Kier alpha value is -1.82. The first-order chi connectivity index (χ1) is 12.2. The van der Waals surface area contributed by atoms with Gasteiger partial charge in [0.25, 0.3) is 0 Å². The maximum absolute atomic E-state index is 12.4. The average Bonchev–Trinajstić information content (AvgIpc) is 3.18. The van der Waals surface area contributed by atoms with Crippen LogP contribution >= 0.6 is 11.8 Å². The lowest BCUT2D eigenvalue weighted by atomic mass is 10.2. The van der Waals surface area contributed by atoms with Crippen LogP contribution in [0.1, 0.15) is 57.2 Å². The number of thioether (sulfide) groups is 1. The van der Waals surface area contributed by atoms with Gasteiger partial charge in [-0.2, -0.15) is 0 Å². The van der Waals surface area contributed by atoms with Crippen molar-refractivity contribution in [3.05, 3.63) is 36.2 Å². The van der Waals surface area contributed by atoms with Crippen molar-refractivity contribution in [3.8, 4) is 5.69 Å². The van der Waals surface area contributed by atoms with Crippen LogP contribution in [0.3, 0.4) is 0 Å². The van der Waals surface area contributed by atoms with Crippen molar-refractivity contribution < 1.29 is 4.79 Å². The molecule has 0 unspecified atom stereocenters. The van der Waals surface area contributed by atoms with E-state index in [4.69, 9.17) is 4.98 Å². The van der Waals surface area contributed by atoms with Gasteiger partial charge in [-0.15, -0.1) is 5.10 Å². The lowest BCUT2D eigenvalue weighted by molar-refractivity contribution is -0.120. The molecular formula is C19H24N4OS. The van der Waals surface area contributed by atoms with Crippen LogP contribution in [0.25, 0.3) is 5.69 Å². The molecule has 25 heavy (non-hydrogen) atoms. The van der Waals surface area contributed by atoms with Crippen molar-refractivity contribution >= 4 is 17.7 Å². The summed E-state index contributed by atoms with van der Waals surface area (Å²) in [5.41, 5.74) is 1.03. The van der Waals surface area contributed by atoms with Gasteiger partial charge in [-0.05, 0) is 44.7 Å². The molecule has 132 valence electrons. The quantitative estimate of drug-likeness (QED) is 0.802. The molecule has 0 saturated heterocycles. The van der Waals surface area contributed by atoms with Crippen molar-refractivity contribution in [2.24, 2.45) is 0 Å². The Morgan fingerprint density at radius 3 is 2.60 bits per heavy atom. The number of benzene rings is 1. The summed E-state index contributed by atoms with van der Waals surface area (Å²) in [6.07, 6.45) is 7.01. The van der Waals surface area contributed by atoms with E-state index in [2.05, 4.69) is 10.4 Å². The smallest absolute Gasteiger partial charge is 0.233 e. The molecule has 6 heteroatoms. The monoisotopic (exact) mass is 356 g/mol. The highest BCUT2D eigenvalue weighted by Gasteiger charge is 2.31. The van der Waals surface area contributed by atoms with E-state index in [1.165, 1.54) is 37.4 Å². The first-order valence-electron chi connectivity index (χ1n) is 9.20. The third kappa shape index (κ3) is 3.89. The topological polar surface area (TPSA) is 59.8 Å². The van der Waals surface area contributed by atoms with Gasteiger partial charge in [0.05, 0.1) is 10.9 Å². The summed E-state index contributed by atoms with van der Waals surface area (Å²) in [7, 11) is 0. The van der Waals surface area contributed by atoms with Crippen molar-refractivity contribution in [3.63, 3.8) is 0 Å². The van der Waals surface area contributed by atoms with Crippen LogP contribution in [0.2, 0.25) is 0 Å². The number of aromatic nitrogens is 3. The molecular weight excluding hydrogens is 332 g/mol. The number of para-hydroxylation sites is 1. The van der Waals surface area contributed by atoms with E-state index < -0.39 is 0 Å². The summed E-state index contributed by atoms with van der Waals surface area (Å²) in [4.78, 5) is 17.2. The van der Waals surface area contributed by atoms with Crippen LogP contribution in [-0.2, 0) is 4.79 Å². The molecule has 4 rings (SSSR count). The van der Waals surface area contributed by atoms with E-state index in [-0.39, 0.29) is 11.2 Å². The van der Waals surface area contributed by atoms with Gasteiger partial charge in [-0.3, -0.25) is 4.79 Å². The molecule has 2 saturated carbocycles. The number of nitrogens with zero attached hydrogens (tertiary/aromatic N) is 3. The zero-order valence-corrected chi connectivity index (χ0v) is 15.3. The van der Waals surface area contributed by atoms with Gasteiger partial charge < -0.3 is 5.32 Å². The van der Waals surface area contributed by atoms with Crippen molar-refractivity contribution in [2.75, 3.05) is 0 Å². The summed E-state index contributed by atoms with van der Waals surface area (Å²) < 4.78 is 1.95. The molecule has 1 aromatic heterocycles. The molecule has 1 aromatic carbocycles. The number of carbonyl (C=O) groups excluding carboxylic acids is 1. The molecule has 1 heterocycles. The normalized spacial score (nSPS) is 19.1. The number of hydrogen-bond donors (Lipinski definition) is 1. The Morgan fingerprint density at radius 1 is 1.20 bits per heavy atom. The van der Waals surface area contributed by atoms with Crippen LogP contribution in [0.4, 0.5) is 0 Å². The highest BCUT2D eigenvalue weighted by molar-refractivity contribution is 8.00. The molecule has 5 nitrogen and oxygen atoms in total. The van der Waals surface area contributed by atoms with Crippen LogP contribution in [0.5, 0.6) is 0 Å². The third-order valence-corrected chi connectivity index (χ3v) is 5.86. The lowest BCUT2D eigenvalue weighted by Gasteiger charge is -2.15. The van der Waals surface area contributed by atoms with E-state index in [1.54, 1.807) is 0 Å². The summed E-state index contributed by atoms with van der Waals surface area (Å²) in [6, 6.07) is 10.5. The van der Waals surface area contributed by atoms with Crippen molar-refractivity contribution in [1.29, 1.82) is 0 Å². The Morgan fingerprint density at radius 2 is 1.92 bits per heavy atom. The second-order valence-corrected chi connectivity index (χ2v) is 8.33. The zero-order chi connectivity index (χ0) is 17.2. The number of hydrogen-bond acceptors (Lipinski definition) is 4. The Kier molecular flexibility index (Phi) is 4.79. The number of carbonyl (C=O) groups is 1. The molecule has 1 amide bonds. The molecule has 1 atom stereocenters. The molecule has 2 aromatic rings. The minimum Gasteiger partial charge on any atom is -0.352 e. The maximum atomic E-state index is 12.4. The maximum Gasteiger partial charge on any atom is 0.233 e. The SMILES string of the molecule is C[C@H](Sc1nc(C2CC2)n(-c2ccccc2)n1)C(=O)NC1CCCC1.